The fraction of sp³-hybridized carbons (Fsp3) is 1.00. The Bertz CT molecular complexity index is 292. The van der Waals surface area contributed by atoms with E-state index in [1.165, 1.54) is 154 Å². The van der Waals surface area contributed by atoms with E-state index in [4.69, 9.17) is 5.11 Å². The van der Waals surface area contributed by atoms with Crippen molar-refractivity contribution < 1.29 is 5.11 Å². The number of nitrogens with one attached hydrogen (secondary N) is 1. The Balaban J connectivity index is 2.99. The van der Waals surface area contributed by atoms with E-state index in [2.05, 4.69) is 12.2 Å². The molecule has 0 aliphatic rings. The third-order valence-electron chi connectivity index (χ3n) is 6.47. The Labute approximate surface area is 191 Å². The van der Waals surface area contributed by atoms with Crippen molar-refractivity contribution in [1.29, 1.82) is 0 Å². The van der Waals surface area contributed by atoms with Crippen LogP contribution in [-0.4, -0.2) is 17.9 Å². The van der Waals surface area contributed by atoms with Gasteiger partial charge >= 0.3 is 0 Å². The monoisotopic (exact) mass is 425 g/mol. The van der Waals surface area contributed by atoms with Crippen molar-refractivity contribution in [2.45, 2.75) is 174 Å². The first-order chi connectivity index (χ1) is 14.8. The third kappa shape index (κ3) is 27.9. The van der Waals surface area contributed by atoms with Gasteiger partial charge in [0.15, 0.2) is 0 Å². The Hall–Kier alpha value is -0.0800. The quantitative estimate of drug-likeness (QED) is 0.107. The van der Waals surface area contributed by atoms with Crippen molar-refractivity contribution in [3.8, 4) is 0 Å². The van der Waals surface area contributed by atoms with Crippen LogP contribution < -0.4 is 5.32 Å². The van der Waals surface area contributed by atoms with Gasteiger partial charge in [-0.3, -0.25) is 5.32 Å². The fourth-order valence-electron chi connectivity index (χ4n) is 4.40. The fourth-order valence-corrected chi connectivity index (χ4v) is 4.40. The molecule has 30 heavy (non-hydrogen) atoms. The molecule has 0 saturated carbocycles. The van der Waals surface area contributed by atoms with Crippen LogP contribution in [0.25, 0.3) is 0 Å². The highest BCUT2D eigenvalue weighted by molar-refractivity contribution is 4.52. The van der Waals surface area contributed by atoms with Crippen LogP contribution in [0.5, 0.6) is 0 Å². The van der Waals surface area contributed by atoms with Crippen LogP contribution in [0.4, 0.5) is 0 Å². The normalized spacial score (nSPS) is 12.5. The van der Waals surface area contributed by atoms with Gasteiger partial charge in [0.25, 0.3) is 0 Å². The average molecular weight is 426 g/mol. The maximum absolute atomic E-state index is 9.12. The molecular weight excluding hydrogens is 366 g/mol. The van der Waals surface area contributed by atoms with Gasteiger partial charge in [0, 0.05) is 0 Å². The Morgan fingerprint density at radius 1 is 0.433 bits per heavy atom. The van der Waals surface area contributed by atoms with Crippen molar-refractivity contribution in [1.82, 2.24) is 5.32 Å². The second kappa shape index (κ2) is 27.0. The van der Waals surface area contributed by atoms with E-state index >= 15 is 0 Å². The van der Waals surface area contributed by atoms with Gasteiger partial charge in [-0.15, -0.1) is 0 Å². The molecule has 0 aliphatic heterocycles. The molecule has 0 aliphatic carbocycles. The molecule has 1 unspecified atom stereocenters. The lowest BCUT2D eigenvalue weighted by Gasteiger charge is -2.06. The van der Waals surface area contributed by atoms with E-state index < -0.39 is 0 Å². The summed E-state index contributed by atoms with van der Waals surface area (Å²) in [7, 11) is 0. The van der Waals surface area contributed by atoms with E-state index in [0.29, 0.717) is 0 Å². The van der Waals surface area contributed by atoms with Gasteiger partial charge in [0.2, 0.25) is 0 Å². The summed E-state index contributed by atoms with van der Waals surface area (Å²) < 4.78 is 0. The summed E-state index contributed by atoms with van der Waals surface area (Å²) in [6, 6.07) is 0. The van der Waals surface area contributed by atoms with Gasteiger partial charge in [-0.1, -0.05) is 155 Å². The van der Waals surface area contributed by atoms with Crippen LogP contribution in [0.3, 0.4) is 0 Å². The average Bonchev–Trinajstić information content (AvgIpc) is 2.73. The largest absolute Gasteiger partial charge is 0.379 e. The van der Waals surface area contributed by atoms with Crippen molar-refractivity contribution in [2.75, 3.05) is 6.54 Å². The highest BCUT2D eigenvalue weighted by atomic mass is 16.3. The number of hydrogen-bond acceptors (Lipinski definition) is 2. The van der Waals surface area contributed by atoms with E-state index in [1.807, 2.05) is 0 Å². The predicted octanol–water partition coefficient (Wildman–Crippen LogP) is 9.30. The SMILES string of the molecule is CCCCCCCCCCCCCCCCCCCCCCCCCCNC(C)O. The van der Waals surface area contributed by atoms with E-state index in [1.54, 1.807) is 6.92 Å². The summed E-state index contributed by atoms with van der Waals surface area (Å²) in [5, 5.41) is 12.2. The van der Waals surface area contributed by atoms with Crippen LogP contribution in [0.2, 0.25) is 0 Å². The van der Waals surface area contributed by atoms with Gasteiger partial charge in [0.05, 0.1) is 0 Å². The van der Waals surface area contributed by atoms with Gasteiger partial charge in [-0.2, -0.15) is 0 Å². The van der Waals surface area contributed by atoms with Gasteiger partial charge in [-0.25, -0.2) is 0 Å². The van der Waals surface area contributed by atoms with E-state index in [-0.39, 0.29) is 6.23 Å². The van der Waals surface area contributed by atoms with E-state index in [9.17, 15) is 0 Å². The highest BCUT2D eigenvalue weighted by Crippen LogP contribution is 2.15. The summed E-state index contributed by atoms with van der Waals surface area (Å²) in [5.74, 6) is 0. The van der Waals surface area contributed by atoms with E-state index in [0.717, 1.165) is 6.54 Å². The molecule has 0 aromatic heterocycles. The number of aliphatic hydroxyl groups is 1. The number of hydrogen-bond donors (Lipinski definition) is 2. The first-order valence-electron chi connectivity index (χ1n) is 14.2. The molecule has 0 bridgehead atoms. The molecule has 0 saturated heterocycles. The minimum Gasteiger partial charge on any atom is -0.379 e. The topological polar surface area (TPSA) is 32.3 Å². The Morgan fingerprint density at radius 3 is 0.900 bits per heavy atom. The first kappa shape index (κ1) is 29.9. The molecule has 0 spiro atoms. The van der Waals surface area contributed by atoms with Crippen LogP contribution in [0.15, 0.2) is 0 Å². The maximum atomic E-state index is 9.12. The third-order valence-corrected chi connectivity index (χ3v) is 6.47. The second-order valence-electron chi connectivity index (χ2n) is 9.76. The Kier molecular flexibility index (Phi) is 26.9. The molecule has 0 aromatic carbocycles. The van der Waals surface area contributed by atoms with Crippen molar-refractivity contribution in [3.05, 3.63) is 0 Å². The summed E-state index contributed by atoms with van der Waals surface area (Å²) in [5.41, 5.74) is 0. The van der Waals surface area contributed by atoms with Gasteiger partial charge in [-0.05, 0) is 19.9 Å². The Morgan fingerprint density at radius 2 is 0.667 bits per heavy atom. The molecule has 2 heteroatoms. The second-order valence-corrected chi connectivity index (χ2v) is 9.76. The molecule has 0 amide bonds. The molecule has 2 N–H and O–H groups in total. The van der Waals surface area contributed by atoms with Crippen LogP contribution in [-0.2, 0) is 0 Å². The molecule has 0 heterocycles. The standard InChI is InChI=1S/C28H59NO/c1-3-4-5-6-7-8-9-10-11-12-13-14-15-16-17-18-19-20-21-22-23-24-25-26-27-29-28(2)30/h28-30H,3-27H2,1-2H3. The smallest absolute Gasteiger partial charge is 0.102 e. The maximum Gasteiger partial charge on any atom is 0.102 e. The van der Waals surface area contributed by atoms with Crippen LogP contribution >= 0.6 is 0 Å². The number of rotatable bonds is 26. The zero-order valence-corrected chi connectivity index (χ0v) is 21.2. The molecule has 2 nitrogen and oxygen atoms in total. The lowest BCUT2D eigenvalue weighted by atomic mass is 10.0. The predicted molar refractivity (Wildman–Crippen MR) is 136 cm³/mol. The van der Waals surface area contributed by atoms with Crippen molar-refractivity contribution >= 4 is 0 Å². The number of unbranched alkanes of at least 4 members (excludes halogenated alkanes) is 23. The molecule has 0 radical (unpaired) electrons. The lowest BCUT2D eigenvalue weighted by Crippen LogP contribution is -2.26. The first-order valence-corrected chi connectivity index (χ1v) is 14.2. The van der Waals surface area contributed by atoms with Crippen LogP contribution in [0, 0.1) is 0 Å². The lowest BCUT2D eigenvalue weighted by molar-refractivity contribution is 0.156. The number of aliphatic hydroxyl groups excluding tert-OH is 1. The zero-order chi connectivity index (χ0) is 22.0. The minimum absolute atomic E-state index is 0.352. The van der Waals surface area contributed by atoms with Gasteiger partial charge in [0.1, 0.15) is 6.23 Å². The summed E-state index contributed by atoms with van der Waals surface area (Å²) in [6.45, 7) is 5.05. The molecule has 1 atom stereocenters. The minimum atomic E-state index is -0.352. The molecule has 0 rings (SSSR count). The summed E-state index contributed by atoms with van der Waals surface area (Å²) in [6.07, 6.45) is 34.1. The van der Waals surface area contributed by atoms with Crippen LogP contribution in [0.1, 0.15) is 168 Å². The summed E-state index contributed by atoms with van der Waals surface area (Å²) in [4.78, 5) is 0. The summed E-state index contributed by atoms with van der Waals surface area (Å²) >= 11 is 0. The van der Waals surface area contributed by atoms with Gasteiger partial charge < -0.3 is 5.11 Å². The van der Waals surface area contributed by atoms with Crippen molar-refractivity contribution in [2.24, 2.45) is 0 Å². The molecule has 0 aromatic rings. The zero-order valence-electron chi connectivity index (χ0n) is 21.2. The molecule has 182 valence electrons. The van der Waals surface area contributed by atoms with Crippen molar-refractivity contribution in [3.63, 3.8) is 0 Å². The highest BCUT2D eigenvalue weighted by Gasteiger charge is 1.96. The molecular formula is C28H59NO. The molecule has 0 fully saturated rings.